The number of aromatic nitrogens is 4. The summed E-state index contributed by atoms with van der Waals surface area (Å²) in [4.78, 5) is 0. The highest BCUT2D eigenvalue weighted by molar-refractivity contribution is 6.08. The Bertz CT molecular complexity index is 1330. The summed E-state index contributed by atoms with van der Waals surface area (Å²) >= 11 is 0. The first kappa shape index (κ1) is 16.7. The molecule has 138 valence electrons. The van der Waals surface area contributed by atoms with Crippen molar-refractivity contribution in [2.45, 2.75) is 20.4 Å². The van der Waals surface area contributed by atoms with Crippen LogP contribution in [0.1, 0.15) is 12.5 Å². The van der Waals surface area contributed by atoms with Crippen LogP contribution in [0.15, 0.2) is 66.9 Å². The van der Waals surface area contributed by atoms with Crippen LogP contribution in [-0.2, 0) is 6.54 Å². The van der Waals surface area contributed by atoms with Crippen LogP contribution in [-0.4, -0.2) is 19.6 Å². The Morgan fingerprint density at radius 3 is 2.50 bits per heavy atom. The van der Waals surface area contributed by atoms with Crippen LogP contribution in [0.25, 0.3) is 38.8 Å². The molecule has 0 bridgehead atoms. The van der Waals surface area contributed by atoms with Crippen LogP contribution in [0.5, 0.6) is 0 Å². The monoisotopic (exact) mass is 370 g/mol. The summed E-state index contributed by atoms with van der Waals surface area (Å²) in [5.41, 5.74) is 6.20. The number of rotatable bonds is 3. The molecule has 0 radical (unpaired) electrons. The number of benzene rings is 3. The van der Waals surface area contributed by atoms with Gasteiger partial charge in [0.05, 0.1) is 17.6 Å². The summed E-state index contributed by atoms with van der Waals surface area (Å²) in [5, 5.41) is 10.4. The average molecular weight is 370 g/mol. The van der Waals surface area contributed by atoms with Crippen molar-refractivity contribution in [1.29, 1.82) is 0 Å². The van der Waals surface area contributed by atoms with Gasteiger partial charge in [-0.3, -0.25) is 0 Å². The molecule has 5 rings (SSSR count). The van der Waals surface area contributed by atoms with Crippen molar-refractivity contribution in [3.63, 3.8) is 0 Å². The van der Waals surface area contributed by atoms with Crippen LogP contribution < -0.4 is 0 Å². The lowest BCUT2D eigenvalue weighted by molar-refractivity contribution is 0.629. The van der Waals surface area contributed by atoms with Gasteiger partial charge in [0.15, 0.2) is 0 Å². The van der Waals surface area contributed by atoms with E-state index in [1.807, 2.05) is 22.9 Å². The Hall–Kier alpha value is -3.47. The molecule has 0 saturated carbocycles. The van der Waals surface area contributed by atoms with E-state index >= 15 is 0 Å². The molecule has 0 amide bonds. The van der Waals surface area contributed by atoms with Gasteiger partial charge >= 0.3 is 0 Å². The molecule has 5 heteroatoms. The van der Waals surface area contributed by atoms with Crippen molar-refractivity contribution in [3.8, 4) is 16.9 Å². The van der Waals surface area contributed by atoms with Gasteiger partial charge in [0.25, 0.3) is 0 Å². The van der Waals surface area contributed by atoms with E-state index in [1.54, 1.807) is 12.3 Å². The minimum absolute atomic E-state index is 0.228. The van der Waals surface area contributed by atoms with Crippen LogP contribution in [0, 0.1) is 12.7 Å². The molecule has 0 aliphatic carbocycles. The number of halogens is 1. The van der Waals surface area contributed by atoms with E-state index in [9.17, 15) is 4.39 Å². The van der Waals surface area contributed by atoms with Gasteiger partial charge in [-0.2, -0.15) is 0 Å². The quantitative estimate of drug-likeness (QED) is 0.420. The molecule has 5 aromatic rings. The topological polar surface area (TPSA) is 35.6 Å². The Labute approximate surface area is 161 Å². The van der Waals surface area contributed by atoms with Crippen molar-refractivity contribution < 1.29 is 4.39 Å². The first-order valence-corrected chi connectivity index (χ1v) is 9.35. The predicted octanol–water partition coefficient (Wildman–Crippen LogP) is 5.51. The SMILES string of the molecule is CCn1c2ccc(F)cc2c2cc(-n3nncc3-c3cccc(C)c3)ccc21. The Morgan fingerprint density at radius 1 is 0.929 bits per heavy atom. The van der Waals surface area contributed by atoms with E-state index in [0.717, 1.165) is 45.3 Å². The summed E-state index contributed by atoms with van der Waals surface area (Å²) in [7, 11) is 0. The smallest absolute Gasteiger partial charge is 0.123 e. The zero-order valence-corrected chi connectivity index (χ0v) is 15.7. The molecule has 2 aromatic heterocycles. The molecule has 0 aliphatic heterocycles. The minimum Gasteiger partial charge on any atom is -0.341 e. The Balaban J connectivity index is 1.75. The molecular formula is C23H19FN4. The third kappa shape index (κ3) is 2.51. The van der Waals surface area contributed by atoms with Gasteiger partial charge in [0, 0.05) is 33.9 Å². The van der Waals surface area contributed by atoms with Gasteiger partial charge in [0.1, 0.15) is 5.82 Å². The van der Waals surface area contributed by atoms with E-state index in [0.29, 0.717) is 0 Å². The van der Waals surface area contributed by atoms with Crippen LogP contribution in [0.4, 0.5) is 4.39 Å². The summed E-state index contributed by atoms with van der Waals surface area (Å²) in [6.45, 7) is 4.99. The van der Waals surface area contributed by atoms with Crippen molar-refractivity contribution >= 4 is 21.8 Å². The highest BCUT2D eigenvalue weighted by Crippen LogP contribution is 2.32. The van der Waals surface area contributed by atoms with Gasteiger partial charge in [-0.25, -0.2) is 9.07 Å². The third-order valence-corrected chi connectivity index (χ3v) is 5.23. The van der Waals surface area contributed by atoms with E-state index in [1.165, 1.54) is 11.6 Å². The second-order valence-electron chi connectivity index (χ2n) is 7.01. The van der Waals surface area contributed by atoms with Gasteiger partial charge in [-0.15, -0.1) is 5.10 Å². The highest BCUT2D eigenvalue weighted by atomic mass is 19.1. The van der Waals surface area contributed by atoms with E-state index < -0.39 is 0 Å². The molecule has 2 heterocycles. The lowest BCUT2D eigenvalue weighted by Gasteiger charge is -2.08. The fraction of sp³-hybridized carbons (Fsp3) is 0.130. The predicted molar refractivity (Wildman–Crippen MR) is 110 cm³/mol. The maximum atomic E-state index is 13.9. The largest absolute Gasteiger partial charge is 0.341 e. The molecule has 0 aliphatic rings. The fourth-order valence-corrected chi connectivity index (χ4v) is 3.96. The molecule has 0 N–H and O–H groups in total. The molecule has 0 fully saturated rings. The molecule has 0 spiro atoms. The second kappa shape index (κ2) is 6.30. The first-order chi connectivity index (χ1) is 13.7. The lowest BCUT2D eigenvalue weighted by atomic mass is 10.1. The fourth-order valence-electron chi connectivity index (χ4n) is 3.96. The molecule has 0 unspecified atom stereocenters. The molecular weight excluding hydrogens is 351 g/mol. The summed E-state index contributed by atoms with van der Waals surface area (Å²) in [6, 6.07) is 19.4. The lowest BCUT2D eigenvalue weighted by Crippen LogP contribution is -2.00. The van der Waals surface area contributed by atoms with E-state index in [2.05, 4.69) is 59.1 Å². The summed E-state index contributed by atoms with van der Waals surface area (Å²) < 4.78 is 18.0. The standard InChI is InChI=1S/C23H19FN4/c1-3-27-21-9-7-17(24)12-19(21)20-13-18(8-10-22(20)27)28-23(14-25-26-28)16-6-4-5-15(2)11-16/h4-14H,3H2,1-2H3. The Kier molecular flexibility index (Phi) is 3.76. The third-order valence-electron chi connectivity index (χ3n) is 5.23. The number of hydrogen-bond donors (Lipinski definition) is 0. The molecule has 28 heavy (non-hydrogen) atoms. The maximum Gasteiger partial charge on any atom is 0.123 e. The van der Waals surface area contributed by atoms with Crippen molar-refractivity contribution in [1.82, 2.24) is 19.6 Å². The number of nitrogens with zero attached hydrogens (tertiary/aromatic N) is 4. The van der Waals surface area contributed by atoms with Gasteiger partial charge < -0.3 is 4.57 Å². The van der Waals surface area contributed by atoms with Crippen molar-refractivity contribution in [3.05, 3.63) is 78.2 Å². The van der Waals surface area contributed by atoms with Crippen molar-refractivity contribution in [2.75, 3.05) is 0 Å². The highest BCUT2D eigenvalue weighted by Gasteiger charge is 2.14. The van der Waals surface area contributed by atoms with Crippen molar-refractivity contribution in [2.24, 2.45) is 0 Å². The van der Waals surface area contributed by atoms with E-state index in [-0.39, 0.29) is 5.82 Å². The molecule has 0 saturated heterocycles. The van der Waals surface area contributed by atoms with Crippen LogP contribution >= 0.6 is 0 Å². The normalized spacial score (nSPS) is 11.5. The second-order valence-corrected chi connectivity index (χ2v) is 7.01. The summed E-state index contributed by atoms with van der Waals surface area (Å²) in [5.74, 6) is -0.228. The number of aryl methyl sites for hydroxylation is 2. The first-order valence-electron chi connectivity index (χ1n) is 9.35. The number of fused-ring (bicyclic) bond motifs is 3. The maximum absolute atomic E-state index is 13.9. The molecule has 0 atom stereocenters. The zero-order chi connectivity index (χ0) is 19.3. The molecule has 3 aromatic carbocycles. The minimum atomic E-state index is -0.228. The zero-order valence-electron chi connectivity index (χ0n) is 15.7. The number of hydrogen-bond acceptors (Lipinski definition) is 2. The van der Waals surface area contributed by atoms with Crippen LogP contribution in [0.3, 0.4) is 0 Å². The van der Waals surface area contributed by atoms with Gasteiger partial charge in [0.2, 0.25) is 0 Å². The van der Waals surface area contributed by atoms with E-state index in [4.69, 9.17) is 0 Å². The molecule has 4 nitrogen and oxygen atoms in total. The summed E-state index contributed by atoms with van der Waals surface area (Å²) in [6.07, 6.45) is 1.77. The van der Waals surface area contributed by atoms with Gasteiger partial charge in [-0.05, 0) is 56.3 Å². The average Bonchev–Trinajstić information content (AvgIpc) is 3.30. The van der Waals surface area contributed by atoms with Crippen LogP contribution in [0.2, 0.25) is 0 Å². The van der Waals surface area contributed by atoms with Gasteiger partial charge in [-0.1, -0.05) is 29.0 Å². The Morgan fingerprint density at radius 2 is 1.71 bits per heavy atom.